The van der Waals surface area contributed by atoms with E-state index in [1.807, 2.05) is 67.0 Å². The highest BCUT2D eigenvalue weighted by molar-refractivity contribution is 5.96. The number of aliphatic carboxylic acids is 1. The Hall–Kier alpha value is -2.60. The van der Waals surface area contributed by atoms with Gasteiger partial charge in [-0.3, -0.25) is 14.5 Å². The van der Waals surface area contributed by atoms with Crippen molar-refractivity contribution in [2.75, 3.05) is 26.2 Å². The molecule has 1 amide bonds. The van der Waals surface area contributed by atoms with Gasteiger partial charge in [-0.1, -0.05) is 25.1 Å². The Morgan fingerprint density at radius 2 is 1.79 bits per heavy atom. The molecular weight excluding hydrogens is 354 g/mol. The van der Waals surface area contributed by atoms with E-state index >= 15 is 0 Å². The lowest BCUT2D eigenvalue weighted by atomic mass is 10.0. The number of rotatable bonds is 6. The summed E-state index contributed by atoms with van der Waals surface area (Å²) >= 11 is 0. The lowest BCUT2D eigenvalue weighted by Crippen LogP contribution is -2.48. The molecule has 0 unspecified atom stereocenters. The predicted molar refractivity (Wildman–Crippen MR) is 109 cm³/mol. The van der Waals surface area contributed by atoms with Crippen molar-refractivity contribution in [3.8, 4) is 5.69 Å². The average Bonchev–Trinajstić information content (AvgIpc) is 3.00. The number of para-hydroxylation sites is 1. The monoisotopic (exact) mass is 383 g/mol. The number of amides is 1. The number of carbonyl (C=O) groups excluding carboxylic acids is 1. The van der Waals surface area contributed by atoms with Crippen LogP contribution >= 0.6 is 0 Å². The normalized spacial score (nSPS) is 15.2. The zero-order valence-corrected chi connectivity index (χ0v) is 16.9. The molecule has 0 spiro atoms. The molecule has 0 bridgehead atoms. The molecule has 0 saturated carbocycles. The lowest BCUT2D eigenvalue weighted by molar-refractivity contribution is -0.139. The van der Waals surface area contributed by atoms with Crippen LogP contribution < -0.4 is 0 Å². The van der Waals surface area contributed by atoms with Gasteiger partial charge in [0.15, 0.2) is 0 Å². The number of nitrogens with zero attached hydrogens (tertiary/aromatic N) is 3. The van der Waals surface area contributed by atoms with Crippen LogP contribution in [0, 0.1) is 13.8 Å². The van der Waals surface area contributed by atoms with Gasteiger partial charge in [-0.25, -0.2) is 0 Å². The van der Waals surface area contributed by atoms with Gasteiger partial charge in [-0.15, -0.1) is 0 Å². The molecule has 1 aromatic heterocycles. The van der Waals surface area contributed by atoms with E-state index in [-0.39, 0.29) is 18.5 Å². The average molecular weight is 383 g/mol. The van der Waals surface area contributed by atoms with E-state index < -0.39 is 5.97 Å². The molecule has 0 aliphatic carbocycles. The van der Waals surface area contributed by atoms with Crippen molar-refractivity contribution in [3.63, 3.8) is 0 Å². The van der Waals surface area contributed by atoms with Crippen LogP contribution in [-0.4, -0.2) is 63.6 Å². The molecule has 2 aromatic rings. The topological polar surface area (TPSA) is 65.8 Å². The maximum Gasteiger partial charge on any atom is 0.317 e. The third kappa shape index (κ3) is 4.12. The number of hydrogen-bond acceptors (Lipinski definition) is 3. The molecule has 0 radical (unpaired) electrons. The van der Waals surface area contributed by atoms with Crippen molar-refractivity contribution in [2.45, 2.75) is 39.7 Å². The molecule has 6 heteroatoms. The molecule has 0 atom stereocenters. The molecule has 28 heavy (non-hydrogen) atoms. The summed E-state index contributed by atoms with van der Waals surface area (Å²) in [5.74, 6) is -0.733. The fraction of sp³-hybridized carbons (Fsp3) is 0.455. The second-order valence-corrected chi connectivity index (χ2v) is 7.44. The van der Waals surface area contributed by atoms with E-state index in [0.29, 0.717) is 19.6 Å². The smallest absolute Gasteiger partial charge is 0.317 e. The van der Waals surface area contributed by atoms with Crippen LogP contribution in [0.25, 0.3) is 5.69 Å². The maximum absolute atomic E-state index is 13.1. The van der Waals surface area contributed by atoms with E-state index in [1.54, 1.807) is 0 Å². The van der Waals surface area contributed by atoms with E-state index in [9.17, 15) is 9.59 Å². The molecular formula is C22H29N3O3. The number of carboxylic acids is 1. The largest absolute Gasteiger partial charge is 0.480 e. The molecule has 6 nitrogen and oxygen atoms in total. The van der Waals surface area contributed by atoms with Crippen LogP contribution in [0.15, 0.2) is 36.4 Å². The van der Waals surface area contributed by atoms with Crippen LogP contribution in [0.3, 0.4) is 0 Å². The van der Waals surface area contributed by atoms with Gasteiger partial charge >= 0.3 is 5.97 Å². The number of carboxylic acid groups (broad SMARTS) is 1. The highest BCUT2D eigenvalue weighted by Crippen LogP contribution is 2.24. The van der Waals surface area contributed by atoms with Gasteiger partial charge in [0, 0.05) is 36.2 Å². The quantitative estimate of drug-likeness (QED) is 0.832. The van der Waals surface area contributed by atoms with Crippen LogP contribution in [0.5, 0.6) is 0 Å². The van der Waals surface area contributed by atoms with Crippen LogP contribution in [-0.2, 0) is 4.79 Å². The number of likely N-dealkylation sites (N-methyl/N-ethyl adjacent to an activating group) is 1. The Morgan fingerprint density at radius 3 is 2.36 bits per heavy atom. The first kappa shape index (κ1) is 20.1. The fourth-order valence-corrected chi connectivity index (χ4v) is 4.23. The summed E-state index contributed by atoms with van der Waals surface area (Å²) in [7, 11) is 0. The molecule has 1 aliphatic rings. The van der Waals surface area contributed by atoms with Gasteiger partial charge in [0.1, 0.15) is 0 Å². The zero-order chi connectivity index (χ0) is 20.3. The molecule has 1 saturated heterocycles. The van der Waals surface area contributed by atoms with Crippen molar-refractivity contribution >= 4 is 11.9 Å². The van der Waals surface area contributed by atoms with Gasteiger partial charge in [0.05, 0.1) is 12.1 Å². The number of carbonyl (C=O) groups is 2. The molecule has 150 valence electrons. The summed E-state index contributed by atoms with van der Waals surface area (Å²) in [6.07, 6.45) is 1.62. The van der Waals surface area contributed by atoms with Crippen molar-refractivity contribution in [2.24, 2.45) is 0 Å². The number of likely N-dealkylation sites (tertiary alicyclic amines) is 1. The minimum atomic E-state index is -0.797. The summed E-state index contributed by atoms with van der Waals surface area (Å²) < 4.78 is 2.12. The molecule has 1 fully saturated rings. The van der Waals surface area contributed by atoms with E-state index in [0.717, 1.165) is 35.5 Å². The number of hydrogen-bond donors (Lipinski definition) is 1. The van der Waals surface area contributed by atoms with Gasteiger partial charge < -0.3 is 14.6 Å². The minimum absolute atomic E-state index is 0.0628. The number of benzene rings is 1. The first-order valence-corrected chi connectivity index (χ1v) is 9.91. The molecule has 3 rings (SSSR count). The first-order chi connectivity index (χ1) is 13.4. The van der Waals surface area contributed by atoms with E-state index in [4.69, 9.17) is 5.11 Å². The van der Waals surface area contributed by atoms with Gasteiger partial charge in [-0.2, -0.15) is 0 Å². The standard InChI is InChI=1S/C22H29N3O3/c1-4-23(15-21(26)27)18-10-12-24(13-11-18)22(28)20-14-16(2)25(17(20)3)19-8-6-5-7-9-19/h5-9,14,18H,4,10-13,15H2,1-3H3,(H,26,27). The molecule has 1 N–H and O–H groups in total. The summed E-state index contributed by atoms with van der Waals surface area (Å²) in [6.45, 7) is 8.10. The van der Waals surface area contributed by atoms with Gasteiger partial charge in [0.2, 0.25) is 0 Å². The number of aryl methyl sites for hydroxylation is 1. The predicted octanol–water partition coefficient (Wildman–Crippen LogP) is 3.11. The van der Waals surface area contributed by atoms with Crippen LogP contribution in [0.2, 0.25) is 0 Å². The summed E-state index contributed by atoms with van der Waals surface area (Å²) in [5, 5.41) is 9.08. The van der Waals surface area contributed by atoms with Crippen LogP contribution in [0.4, 0.5) is 0 Å². The summed E-state index contributed by atoms with van der Waals surface area (Å²) in [4.78, 5) is 28.1. The first-order valence-electron chi connectivity index (χ1n) is 9.91. The Labute approximate surface area is 166 Å². The number of piperidine rings is 1. The Balaban J connectivity index is 1.72. The second kappa shape index (κ2) is 8.61. The van der Waals surface area contributed by atoms with Crippen molar-refractivity contribution in [3.05, 3.63) is 53.3 Å². The molecule has 2 heterocycles. The summed E-state index contributed by atoms with van der Waals surface area (Å²) in [6, 6.07) is 12.3. The Bertz CT molecular complexity index is 836. The second-order valence-electron chi connectivity index (χ2n) is 7.44. The van der Waals surface area contributed by atoms with E-state index in [1.165, 1.54) is 0 Å². The third-order valence-corrected chi connectivity index (χ3v) is 5.69. The highest BCUT2D eigenvalue weighted by atomic mass is 16.4. The Morgan fingerprint density at radius 1 is 1.14 bits per heavy atom. The van der Waals surface area contributed by atoms with Crippen molar-refractivity contribution in [1.82, 2.24) is 14.4 Å². The van der Waals surface area contributed by atoms with Crippen molar-refractivity contribution < 1.29 is 14.7 Å². The number of aromatic nitrogens is 1. The third-order valence-electron chi connectivity index (χ3n) is 5.69. The minimum Gasteiger partial charge on any atom is -0.480 e. The van der Waals surface area contributed by atoms with Crippen LogP contribution in [0.1, 0.15) is 41.5 Å². The fourth-order valence-electron chi connectivity index (χ4n) is 4.23. The lowest BCUT2D eigenvalue weighted by Gasteiger charge is -2.37. The highest BCUT2D eigenvalue weighted by Gasteiger charge is 2.29. The molecule has 1 aromatic carbocycles. The van der Waals surface area contributed by atoms with Crippen molar-refractivity contribution in [1.29, 1.82) is 0 Å². The van der Waals surface area contributed by atoms with Gasteiger partial charge in [-0.05, 0) is 51.4 Å². The summed E-state index contributed by atoms with van der Waals surface area (Å²) in [5.41, 5.74) is 3.80. The van der Waals surface area contributed by atoms with Gasteiger partial charge in [0.25, 0.3) is 5.91 Å². The van der Waals surface area contributed by atoms with E-state index in [2.05, 4.69) is 4.57 Å². The SMILES string of the molecule is CCN(CC(=O)O)C1CCN(C(=O)c2cc(C)n(-c3ccccc3)c2C)CC1. The molecule has 1 aliphatic heterocycles. The Kier molecular flexibility index (Phi) is 6.19. The zero-order valence-electron chi connectivity index (χ0n) is 16.9. The maximum atomic E-state index is 13.1.